The zero-order valence-corrected chi connectivity index (χ0v) is 12.8. The van der Waals surface area contributed by atoms with Crippen LogP contribution >= 0.6 is 0 Å². The maximum atomic E-state index is 13.5. The summed E-state index contributed by atoms with van der Waals surface area (Å²) in [6.45, 7) is 0.316. The number of benzene rings is 2. The summed E-state index contributed by atoms with van der Waals surface area (Å²) in [5.41, 5.74) is 0.895. The van der Waals surface area contributed by atoms with Gasteiger partial charge in [-0.2, -0.15) is 5.11 Å². The Bertz CT molecular complexity index is 887. The monoisotopic (exact) mass is 342 g/mol. The molecule has 0 saturated carbocycles. The zero-order valence-electron chi connectivity index (χ0n) is 12.8. The lowest BCUT2D eigenvalue weighted by Crippen LogP contribution is -2.39. The van der Waals surface area contributed by atoms with E-state index in [0.717, 1.165) is 22.6 Å². The minimum Gasteiger partial charge on any atom is -0.271 e. The van der Waals surface area contributed by atoms with Gasteiger partial charge >= 0.3 is 0 Å². The molecule has 25 heavy (non-hydrogen) atoms. The summed E-state index contributed by atoms with van der Waals surface area (Å²) in [7, 11) is 0. The lowest BCUT2D eigenvalue weighted by molar-refractivity contribution is -0.123. The van der Waals surface area contributed by atoms with E-state index in [9.17, 15) is 18.4 Å². The molecule has 4 rings (SSSR count). The highest BCUT2D eigenvalue weighted by molar-refractivity contribution is 6.25. The number of nitrogens with zero attached hydrogens (tertiary/aromatic N) is 4. The van der Waals surface area contributed by atoms with E-state index in [4.69, 9.17) is 0 Å². The Morgan fingerprint density at radius 2 is 1.72 bits per heavy atom. The smallest absolute Gasteiger partial charge is 0.263 e. The standard InChI is InChI=1S/C17H12F2N4O2/c18-12-7-6-11(8-13(12)19)23-16(24)14-15(17(23)25)22(21-20-14)9-10-4-2-1-3-5-10/h1-8,14-15H,9H2/t14-,15+/m0/s1. The van der Waals surface area contributed by atoms with Crippen LogP contribution in [0.2, 0.25) is 0 Å². The molecule has 0 unspecified atom stereocenters. The van der Waals surface area contributed by atoms with Gasteiger partial charge in [0.1, 0.15) is 0 Å². The molecule has 2 heterocycles. The Kier molecular flexibility index (Phi) is 3.52. The lowest BCUT2D eigenvalue weighted by atomic mass is 10.1. The summed E-state index contributed by atoms with van der Waals surface area (Å²) < 4.78 is 26.6. The van der Waals surface area contributed by atoms with Gasteiger partial charge in [0.05, 0.1) is 12.2 Å². The number of rotatable bonds is 3. The van der Waals surface area contributed by atoms with Crippen LogP contribution in [0.15, 0.2) is 58.9 Å². The van der Waals surface area contributed by atoms with Crippen LogP contribution in [-0.4, -0.2) is 28.9 Å². The minimum atomic E-state index is -1.13. The molecule has 8 heteroatoms. The molecule has 6 nitrogen and oxygen atoms in total. The Hall–Kier alpha value is -3.16. The van der Waals surface area contributed by atoms with Crippen molar-refractivity contribution < 1.29 is 18.4 Å². The number of fused-ring (bicyclic) bond motifs is 1. The van der Waals surface area contributed by atoms with Crippen LogP contribution in [-0.2, 0) is 16.1 Å². The first-order valence-corrected chi connectivity index (χ1v) is 7.60. The van der Waals surface area contributed by atoms with Crippen molar-refractivity contribution in [1.82, 2.24) is 5.01 Å². The first-order valence-electron chi connectivity index (χ1n) is 7.60. The van der Waals surface area contributed by atoms with Crippen molar-refractivity contribution in [2.75, 3.05) is 4.90 Å². The Morgan fingerprint density at radius 1 is 0.960 bits per heavy atom. The van der Waals surface area contributed by atoms with E-state index in [1.807, 2.05) is 30.3 Å². The first-order chi connectivity index (χ1) is 12.1. The molecule has 2 aliphatic rings. The van der Waals surface area contributed by atoms with E-state index in [0.29, 0.717) is 6.54 Å². The van der Waals surface area contributed by atoms with Crippen molar-refractivity contribution in [3.63, 3.8) is 0 Å². The summed E-state index contributed by atoms with van der Waals surface area (Å²) >= 11 is 0. The van der Waals surface area contributed by atoms with E-state index in [1.165, 1.54) is 11.1 Å². The molecule has 2 aromatic rings. The molecule has 1 fully saturated rings. The number of carbonyl (C=O) groups excluding carboxylic acids is 2. The minimum absolute atomic E-state index is 0.0156. The number of hydrogen-bond donors (Lipinski definition) is 0. The van der Waals surface area contributed by atoms with Gasteiger partial charge in [-0.05, 0) is 17.7 Å². The Morgan fingerprint density at radius 3 is 2.44 bits per heavy atom. The van der Waals surface area contributed by atoms with Gasteiger partial charge in [0, 0.05) is 6.07 Å². The highest BCUT2D eigenvalue weighted by atomic mass is 19.2. The average molecular weight is 342 g/mol. The Balaban J connectivity index is 1.62. The maximum Gasteiger partial charge on any atom is 0.263 e. The van der Waals surface area contributed by atoms with Gasteiger partial charge in [-0.25, -0.2) is 13.7 Å². The third-order valence-corrected chi connectivity index (χ3v) is 4.21. The molecule has 0 bridgehead atoms. The molecule has 0 aromatic heterocycles. The third-order valence-electron chi connectivity index (χ3n) is 4.21. The molecule has 2 aromatic carbocycles. The van der Waals surface area contributed by atoms with Gasteiger partial charge in [-0.1, -0.05) is 35.6 Å². The van der Waals surface area contributed by atoms with E-state index in [1.54, 1.807) is 0 Å². The number of anilines is 1. The molecular formula is C17H12F2N4O2. The zero-order chi connectivity index (χ0) is 17.6. The van der Waals surface area contributed by atoms with Crippen LogP contribution in [0.5, 0.6) is 0 Å². The fourth-order valence-corrected chi connectivity index (χ4v) is 3.00. The van der Waals surface area contributed by atoms with Gasteiger partial charge in [0.2, 0.25) is 0 Å². The molecular weight excluding hydrogens is 330 g/mol. The quantitative estimate of drug-likeness (QED) is 0.805. The number of imide groups is 1. The maximum absolute atomic E-state index is 13.5. The number of carbonyl (C=O) groups is 2. The van der Waals surface area contributed by atoms with Crippen LogP contribution in [0, 0.1) is 11.6 Å². The molecule has 2 atom stereocenters. The highest BCUT2D eigenvalue weighted by Crippen LogP contribution is 2.33. The topological polar surface area (TPSA) is 65.3 Å². The van der Waals surface area contributed by atoms with E-state index in [-0.39, 0.29) is 5.69 Å². The van der Waals surface area contributed by atoms with Crippen LogP contribution < -0.4 is 4.90 Å². The second-order valence-corrected chi connectivity index (χ2v) is 5.79. The fourth-order valence-electron chi connectivity index (χ4n) is 3.00. The van der Waals surface area contributed by atoms with Crippen molar-refractivity contribution in [2.45, 2.75) is 18.6 Å². The molecule has 2 amide bonds. The summed E-state index contributed by atoms with van der Waals surface area (Å²) in [4.78, 5) is 26.1. The molecule has 126 valence electrons. The van der Waals surface area contributed by atoms with Gasteiger partial charge in [0.25, 0.3) is 11.8 Å². The van der Waals surface area contributed by atoms with Gasteiger partial charge < -0.3 is 0 Å². The molecule has 0 spiro atoms. The summed E-state index contributed by atoms with van der Waals surface area (Å²) in [5, 5.41) is 9.27. The summed E-state index contributed by atoms with van der Waals surface area (Å²) in [6.07, 6.45) is 0. The number of amides is 2. The van der Waals surface area contributed by atoms with Gasteiger partial charge in [-0.15, -0.1) is 0 Å². The second-order valence-electron chi connectivity index (χ2n) is 5.79. The first kappa shape index (κ1) is 15.4. The number of hydrogen-bond acceptors (Lipinski definition) is 5. The Labute approximate surface area is 141 Å². The molecule has 1 saturated heterocycles. The van der Waals surface area contributed by atoms with E-state index < -0.39 is 35.5 Å². The second kappa shape index (κ2) is 5.73. The highest BCUT2D eigenvalue weighted by Gasteiger charge is 2.54. The average Bonchev–Trinajstić information content (AvgIpc) is 3.12. The van der Waals surface area contributed by atoms with Crippen LogP contribution in [0.1, 0.15) is 5.56 Å². The van der Waals surface area contributed by atoms with Crippen molar-refractivity contribution in [3.8, 4) is 0 Å². The lowest BCUT2D eigenvalue weighted by Gasteiger charge is -2.20. The normalized spacial score (nSPS) is 22.0. The summed E-state index contributed by atoms with van der Waals surface area (Å²) in [5.74, 6) is -3.33. The molecule has 0 N–H and O–H groups in total. The predicted molar refractivity (Wildman–Crippen MR) is 83.3 cm³/mol. The third kappa shape index (κ3) is 2.46. The van der Waals surface area contributed by atoms with Crippen LogP contribution in [0.25, 0.3) is 0 Å². The molecule has 0 aliphatic carbocycles. The molecule has 0 radical (unpaired) electrons. The van der Waals surface area contributed by atoms with Crippen molar-refractivity contribution in [1.29, 1.82) is 0 Å². The largest absolute Gasteiger partial charge is 0.271 e. The van der Waals surface area contributed by atoms with Crippen molar-refractivity contribution in [2.24, 2.45) is 10.3 Å². The van der Waals surface area contributed by atoms with Gasteiger partial charge in [-0.3, -0.25) is 14.6 Å². The van der Waals surface area contributed by atoms with E-state index >= 15 is 0 Å². The SMILES string of the molecule is O=C1[C@H]2N=NN(Cc3ccccc3)[C@H]2C(=O)N1c1ccc(F)c(F)c1. The fraction of sp³-hybridized carbons (Fsp3) is 0.176. The van der Waals surface area contributed by atoms with Crippen molar-refractivity contribution >= 4 is 17.5 Å². The summed E-state index contributed by atoms with van der Waals surface area (Å²) in [6, 6.07) is 10.4. The van der Waals surface area contributed by atoms with E-state index in [2.05, 4.69) is 10.3 Å². The van der Waals surface area contributed by atoms with Gasteiger partial charge in [0.15, 0.2) is 23.7 Å². The molecule has 2 aliphatic heterocycles. The predicted octanol–water partition coefficient (Wildman–Crippen LogP) is 2.46. The van der Waals surface area contributed by atoms with Crippen LogP contribution in [0.3, 0.4) is 0 Å². The number of halogens is 2. The van der Waals surface area contributed by atoms with Crippen molar-refractivity contribution in [3.05, 3.63) is 65.7 Å². The van der Waals surface area contributed by atoms with Crippen LogP contribution in [0.4, 0.5) is 14.5 Å².